The molecule has 5 heteroatoms. The standard InChI is InChI=1S/C16H26N2O2S/c1-11(2)15-6-5-7-18(15)21(19,20)16-9-14(10-17)12(3)8-13(16)4/h8-9,11,15H,5-7,10,17H2,1-4H3. The van der Waals surface area contributed by atoms with Crippen molar-refractivity contribution in [2.45, 2.75) is 58.0 Å². The Labute approximate surface area is 128 Å². The average molecular weight is 310 g/mol. The zero-order valence-corrected chi connectivity index (χ0v) is 14.2. The number of sulfonamides is 1. The van der Waals surface area contributed by atoms with Gasteiger partial charge >= 0.3 is 0 Å². The van der Waals surface area contributed by atoms with E-state index in [1.165, 1.54) is 0 Å². The summed E-state index contributed by atoms with van der Waals surface area (Å²) in [5.41, 5.74) is 8.49. The predicted octanol–water partition coefficient (Wildman–Crippen LogP) is 2.57. The summed E-state index contributed by atoms with van der Waals surface area (Å²) in [6, 6.07) is 3.79. The molecule has 1 atom stereocenters. The maximum absolute atomic E-state index is 13.0. The van der Waals surface area contributed by atoms with Crippen molar-refractivity contribution in [3.05, 3.63) is 28.8 Å². The Morgan fingerprint density at radius 1 is 1.29 bits per heavy atom. The minimum Gasteiger partial charge on any atom is -0.326 e. The Balaban J connectivity index is 2.49. The molecule has 118 valence electrons. The summed E-state index contributed by atoms with van der Waals surface area (Å²) < 4.78 is 27.8. The van der Waals surface area contributed by atoms with Crippen LogP contribution < -0.4 is 5.73 Å². The summed E-state index contributed by atoms with van der Waals surface area (Å²) in [6.07, 6.45) is 1.89. The van der Waals surface area contributed by atoms with Crippen LogP contribution in [0.5, 0.6) is 0 Å². The van der Waals surface area contributed by atoms with Gasteiger partial charge in [0.15, 0.2) is 0 Å². The lowest BCUT2D eigenvalue weighted by atomic mass is 10.0. The molecular weight excluding hydrogens is 284 g/mol. The van der Waals surface area contributed by atoms with Crippen LogP contribution in [-0.2, 0) is 16.6 Å². The lowest BCUT2D eigenvalue weighted by molar-refractivity contribution is 0.315. The third kappa shape index (κ3) is 3.00. The molecule has 1 saturated heterocycles. The molecule has 4 nitrogen and oxygen atoms in total. The number of rotatable bonds is 4. The molecule has 2 N–H and O–H groups in total. The Morgan fingerprint density at radius 3 is 2.52 bits per heavy atom. The first-order valence-corrected chi connectivity index (χ1v) is 9.05. The molecule has 0 bridgehead atoms. The third-order valence-electron chi connectivity index (χ3n) is 4.46. The average Bonchev–Trinajstić information content (AvgIpc) is 2.88. The third-order valence-corrected chi connectivity index (χ3v) is 6.52. The monoisotopic (exact) mass is 310 g/mol. The maximum Gasteiger partial charge on any atom is 0.243 e. The largest absolute Gasteiger partial charge is 0.326 e. The van der Waals surface area contributed by atoms with Crippen molar-refractivity contribution < 1.29 is 8.42 Å². The summed E-state index contributed by atoms with van der Waals surface area (Å²) in [4.78, 5) is 0.418. The van der Waals surface area contributed by atoms with Crippen LogP contribution in [0.2, 0.25) is 0 Å². The molecule has 1 unspecified atom stereocenters. The lowest BCUT2D eigenvalue weighted by Gasteiger charge is -2.28. The molecule has 0 amide bonds. The highest BCUT2D eigenvalue weighted by Crippen LogP contribution is 2.32. The number of nitrogens with two attached hydrogens (primary N) is 1. The number of benzene rings is 1. The van der Waals surface area contributed by atoms with E-state index < -0.39 is 10.0 Å². The van der Waals surface area contributed by atoms with E-state index in [4.69, 9.17) is 5.73 Å². The van der Waals surface area contributed by atoms with E-state index in [9.17, 15) is 8.42 Å². The summed E-state index contributed by atoms with van der Waals surface area (Å²) in [5, 5.41) is 0. The van der Waals surface area contributed by atoms with Crippen molar-refractivity contribution in [3.8, 4) is 0 Å². The Hall–Kier alpha value is -0.910. The zero-order chi connectivity index (χ0) is 15.8. The van der Waals surface area contributed by atoms with Gasteiger partial charge in [-0.05, 0) is 55.4 Å². The van der Waals surface area contributed by atoms with E-state index >= 15 is 0 Å². The molecule has 21 heavy (non-hydrogen) atoms. The summed E-state index contributed by atoms with van der Waals surface area (Å²) in [6.45, 7) is 9.00. The molecule has 1 aliphatic heterocycles. The van der Waals surface area contributed by atoms with Crippen molar-refractivity contribution in [2.75, 3.05) is 6.54 Å². The molecule has 1 fully saturated rings. The fraction of sp³-hybridized carbons (Fsp3) is 0.625. The minimum absolute atomic E-state index is 0.108. The van der Waals surface area contributed by atoms with Gasteiger partial charge in [-0.2, -0.15) is 4.31 Å². The molecule has 1 heterocycles. The van der Waals surface area contributed by atoms with Gasteiger partial charge in [0, 0.05) is 19.1 Å². The van der Waals surface area contributed by atoms with Crippen molar-refractivity contribution in [1.82, 2.24) is 4.31 Å². The highest BCUT2D eigenvalue weighted by molar-refractivity contribution is 7.89. The van der Waals surface area contributed by atoms with Gasteiger partial charge in [0.25, 0.3) is 0 Å². The van der Waals surface area contributed by atoms with Gasteiger partial charge in [-0.15, -0.1) is 0 Å². The number of hydrogen-bond acceptors (Lipinski definition) is 3. The molecule has 0 saturated carbocycles. The fourth-order valence-corrected chi connectivity index (χ4v) is 5.31. The van der Waals surface area contributed by atoms with Crippen molar-refractivity contribution in [3.63, 3.8) is 0 Å². The van der Waals surface area contributed by atoms with E-state index in [0.717, 1.165) is 29.5 Å². The predicted molar refractivity (Wildman–Crippen MR) is 85.6 cm³/mol. The zero-order valence-electron chi connectivity index (χ0n) is 13.4. The van der Waals surface area contributed by atoms with Crippen molar-refractivity contribution in [1.29, 1.82) is 0 Å². The quantitative estimate of drug-likeness (QED) is 0.929. The normalized spacial score (nSPS) is 20.4. The molecular formula is C16H26N2O2S. The Bertz CT molecular complexity index is 623. The smallest absolute Gasteiger partial charge is 0.243 e. The van der Waals surface area contributed by atoms with E-state index in [1.54, 1.807) is 10.4 Å². The van der Waals surface area contributed by atoms with Crippen LogP contribution in [0, 0.1) is 19.8 Å². The van der Waals surface area contributed by atoms with Gasteiger partial charge in [-0.3, -0.25) is 0 Å². The van der Waals surface area contributed by atoms with Crippen molar-refractivity contribution >= 4 is 10.0 Å². The fourth-order valence-electron chi connectivity index (χ4n) is 3.23. The van der Waals surface area contributed by atoms with Crippen LogP contribution in [0.15, 0.2) is 17.0 Å². The lowest BCUT2D eigenvalue weighted by Crippen LogP contribution is -2.38. The summed E-state index contributed by atoms with van der Waals surface area (Å²) in [7, 11) is -3.44. The Kier molecular flexibility index (Phi) is 4.76. The van der Waals surface area contributed by atoms with Gasteiger partial charge < -0.3 is 5.73 Å². The molecule has 0 spiro atoms. The second kappa shape index (κ2) is 6.07. The molecule has 1 aliphatic rings. The highest BCUT2D eigenvalue weighted by atomic mass is 32.2. The van der Waals surface area contributed by atoms with Gasteiger partial charge in [-0.1, -0.05) is 19.9 Å². The van der Waals surface area contributed by atoms with Gasteiger partial charge in [0.2, 0.25) is 10.0 Å². The van der Waals surface area contributed by atoms with Crippen molar-refractivity contribution in [2.24, 2.45) is 11.7 Å². The first kappa shape index (κ1) is 16.5. The Morgan fingerprint density at radius 2 is 1.95 bits per heavy atom. The van der Waals surface area contributed by atoms with Gasteiger partial charge in [0.1, 0.15) is 0 Å². The summed E-state index contributed by atoms with van der Waals surface area (Å²) >= 11 is 0. The van der Waals surface area contributed by atoms with E-state index in [1.807, 2.05) is 19.9 Å². The van der Waals surface area contributed by atoms with Crippen LogP contribution in [0.4, 0.5) is 0 Å². The molecule has 0 radical (unpaired) electrons. The summed E-state index contributed by atoms with van der Waals surface area (Å²) in [5.74, 6) is 0.335. The highest BCUT2D eigenvalue weighted by Gasteiger charge is 2.37. The molecule has 1 aromatic rings. The van der Waals surface area contributed by atoms with E-state index in [-0.39, 0.29) is 6.04 Å². The van der Waals surface area contributed by atoms with Crippen LogP contribution in [-0.4, -0.2) is 25.3 Å². The van der Waals surface area contributed by atoms with Crippen LogP contribution >= 0.6 is 0 Å². The maximum atomic E-state index is 13.0. The first-order chi connectivity index (χ1) is 9.78. The SMILES string of the molecule is Cc1cc(C)c(S(=O)(=O)N2CCCC2C(C)C)cc1CN. The van der Waals surface area contributed by atoms with Gasteiger partial charge in [-0.25, -0.2) is 8.42 Å². The second-order valence-corrected chi connectivity index (χ2v) is 8.18. The number of nitrogens with zero attached hydrogens (tertiary/aromatic N) is 1. The second-order valence-electron chi connectivity index (χ2n) is 6.32. The van der Waals surface area contributed by atoms with Crippen LogP contribution in [0.25, 0.3) is 0 Å². The van der Waals surface area contributed by atoms with E-state index in [2.05, 4.69) is 13.8 Å². The topological polar surface area (TPSA) is 63.4 Å². The van der Waals surface area contributed by atoms with Gasteiger partial charge in [0.05, 0.1) is 4.90 Å². The molecule has 0 aliphatic carbocycles. The van der Waals surface area contributed by atoms with E-state index in [0.29, 0.717) is 23.9 Å². The van der Waals surface area contributed by atoms with Crippen LogP contribution in [0.1, 0.15) is 43.4 Å². The molecule has 2 rings (SSSR count). The molecule has 1 aromatic carbocycles. The van der Waals surface area contributed by atoms with Crippen LogP contribution in [0.3, 0.4) is 0 Å². The first-order valence-electron chi connectivity index (χ1n) is 7.61. The molecule has 0 aromatic heterocycles. The number of aryl methyl sites for hydroxylation is 2. The number of hydrogen-bond donors (Lipinski definition) is 1. The minimum atomic E-state index is -3.44.